The summed E-state index contributed by atoms with van der Waals surface area (Å²) in [6, 6.07) is 6.45. The van der Waals surface area contributed by atoms with Gasteiger partial charge in [-0.3, -0.25) is 4.79 Å². The fourth-order valence-corrected chi connectivity index (χ4v) is 3.43. The minimum absolute atomic E-state index is 0. The van der Waals surface area contributed by atoms with E-state index in [0.29, 0.717) is 18.9 Å². The molecule has 1 aliphatic carbocycles. The number of hydrogen-bond acceptors (Lipinski definition) is 3. The zero-order valence-electron chi connectivity index (χ0n) is 13.6. The van der Waals surface area contributed by atoms with E-state index in [4.69, 9.17) is 5.73 Å². The van der Waals surface area contributed by atoms with E-state index in [-0.39, 0.29) is 23.9 Å². The van der Waals surface area contributed by atoms with Crippen LogP contribution in [0.5, 0.6) is 0 Å². The molecular weight excluding hydrogens is 316 g/mol. The number of thioether (sulfide) groups is 1. The summed E-state index contributed by atoms with van der Waals surface area (Å²) < 4.78 is 0. The largest absolute Gasteiger partial charge is 0.349 e. The molecule has 5 heteroatoms. The van der Waals surface area contributed by atoms with Gasteiger partial charge < -0.3 is 11.1 Å². The van der Waals surface area contributed by atoms with Gasteiger partial charge in [0.25, 0.3) is 0 Å². The molecule has 1 fully saturated rings. The Morgan fingerprint density at radius 2 is 2.05 bits per heavy atom. The van der Waals surface area contributed by atoms with Gasteiger partial charge in [-0.25, -0.2) is 0 Å². The monoisotopic (exact) mass is 342 g/mol. The van der Waals surface area contributed by atoms with Gasteiger partial charge in [0.2, 0.25) is 5.91 Å². The van der Waals surface area contributed by atoms with E-state index in [0.717, 1.165) is 5.75 Å². The molecule has 0 radical (unpaired) electrons. The van der Waals surface area contributed by atoms with Crippen molar-refractivity contribution in [2.24, 2.45) is 11.7 Å². The molecule has 3 N–H and O–H groups in total. The Hall–Kier alpha value is -0.710. The summed E-state index contributed by atoms with van der Waals surface area (Å²) in [6.07, 6.45) is 2.91. The highest BCUT2D eigenvalue weighted by Crippen LogP contribution is 2.39. The SMILES string of the molecule is Cc1ccc(SCCC(=O)NC(C)(CN)C2CC2)cc1C.Cl. The quantitative estimate of drug-likeness (QED) is 0.746. The van der Waals surface area contributed by atoms with Gasteiger partial charge in [-0.2, -0.15) is 0 Å². The molecule has 1 aromatic carbocycles. The second-order valence-corrected chi connectivity index (χ2v) is 7.46. The first-order valence-electron chi connectivity index (χ1n) is 7.66. The number of nitrogens with two attached hydrogens (primary N) is 1. The van der Waals surface area contributed by atoms with Crippen molar-refractivity contribution in [3.8, 4) is 0 Å². The molecule has 1 unspecified atom stereocenters. The van der Waals surface area contributed by atoms with Crippen LogP contribution in [0.2, 0.25) is 0 Å². The molecular formula is C17H27ClN2OS. The molecule has 0 aromatic heterocycles. The topological polar surface area (TPSA) is 55.1 Å². The van der Waals surface area contributed by atoms with Gasteiger partial charge >= 0.3 is 0 Å². The summed E-state index contributed by atoms with van der Waals surface area (Å²) in [4.78, 5) is 13.3. The second kappa shape index (κ2) is 8.23. The Morgan fingerprint density at radius 3 is 2.59 bits per heavy atom. The summed E-state index contributed by atoms with van der Waals surface area (Å²) in [5.41, 5.74) is 8.23. The van der Waals surface area contributed by atoms with Gasteiger partial charge in [0.05, 0.1) is 5.54 Å². The van der Waals surface area contributed by atoms with E-state index < -0.39 is 0 Å². The molecule has 124 valence electrons. The van der Waals surface area contributed by atoms with Crippen LogP contribution in [0, 0.1) is 19.8 Å². The maximum atomic E-state index is 12.1. The van der Waals surface area contributed by atoms with Gasteiger partial charge in [0.1, 0.15) is 0 Å². The van der Waals surface area contributed by atoms with Gasteiger partial charge in [-0.1, -0.05) is 6.07 Å². The van der Waals surface area contributed by atoms with Gasteiger partial charge in [0.15, 0.2) is 0 Å². The van der Waals surface area contributed by atoms with Crippen LogP contribution in [-0.4, -0.2) is 23.7 Å². The lowest BCUT2D eigenvalue weighted by molar-refractivity contribution is -0.122. The Balaban J connectivity index is 0.00000242. The Labute approximate surface area is 144 Å². The third-order valence-corrected chi connectivity index (χ3v) is 5.40. The van der Waals surface area contributed by atoms with Crippen LogP contribution in [0.3, 0.4) is 0 Å². The maximum absolute atomic E-state index is 12.1. The molecule has 0 saturated heterocycles. The molecule has 0 spiro atoms. The molecule has 1 amide bonds. The first kappa shape index (κ1) is 19.3. The fourth-order valence-electron chi connectivity index (χ4n) is 2.49. The Bertz CT molecular complexity index is 519. The fraction of sp³-hybridized carbons (Fsp3) is 0.588. The summed E-state index contributed by atoms with van der Waals surface area (Å²) in [5.74, 6) is 1.49. The normalized spacial score (nSPS) is 16.5. The minimum Gasteiger partial charge on any atom is -0.349 e. The number of carbonyl (C=O) groups excluding carboxylic acids is 1. The lowest BCUT2D eigenvalue weighted by atomic mass is 9.96. The van der Waals surface area contributed by atoms with Crippen LogP contribution in [0.4, 0.5) is 0 Å². The van der Waals surface area contributed by atoms with E-state index in [1.165, 1.54) is 28.9 Å². The number of aryl methyl sites for hydroxylation is 2. The van der Waals surface area contributed by atoms with Crippen molar-refractivity contribution in [1.82, 2.24) is 5.32 Å². The second-order valence-electron chi connectivity index (χ2n) is 6.29. The van der Waals surface area contributed by atoms with E-state index in [2.05, 4.69) is 44.3 Å². The van der Waals surface area contributed by atoms with Gasteiger partial charge in [-0.05, 0) is 62.8 Å². The average Bonchev–Trinajstić information content (AvgIpc) is 3.27. The standard InChI is InChI=1S/C17H26N2OS.ClH/c1-12-4-7-15(10-13(12)2)21-9-8-16(20)19-17(3,11-18)14-5-6-14;/h4,7,10,14H,5-6,8-9,11,18H2,1-3H3,(H,19,20);1H. The zero-order valence-corrected chi connectivity index (χ0v) is 15.3. The van der Waals surface area contributed by atoms with Crippen molar-refractivity contribution in [3.05, 3.63) is 29.3 Å². The first-order chi connectivity index (χ1) is 9.94. The molecule has 3 nitrogen and oxygen atoms in total. The predicted molar refractivity (Wildman–Crippen MR) is 96.8 cm³/mol. The molecule has 1 aromatic rings. The van der Waals surface area contributed by atoms with Crippen molar-refractivity contribution in [2.75, 3.05) is 12.3 Å². The van der Waals surface area contributed by atoms with Crippen LogP contribution in [0.1, 0.15) is 37.3 Å². The first-order valence-corrected chi connectivity index (χ1v) is 8.64. The predicted octanol–water partition coefficient (Wildman–Crippen LogP) is 3.45. The Kier molecular flexibility index (Phi) is 7.23. The lowest BCUT2D eigenvalue weighted by Crippen LogP contribution is -2.53. The van der Waals surface area contributed by atoms with Crippen molar-refractivity contribution in [2.45, 2.75) is 50.5 Å². The number of benzene rings is 1. The number of carbonyl (C=O) groups is 1. The third kappa shape index (κ3) is 5.18. The van der Waals surface area contributed by atoms with Gasteiger partial charge in [0, 0.05) is 23.6 Å². The number of nitrogens with one attached hydrogen (secondary N) is 1. The summed E-state index contributed by atoms with van der Waals surface area (Å²) in [6.45, 7) is 6.82. The average molecular weight is 343 g/mol. The summed E-state index contributed by atoms with van der Waals surface area (Å²) in [5, 5.41) is 3.13. The number of halogens is 1. The van der Waals surface area contributed by atoms with Crippen LogP contribution in [-0.2, 0) is 4.79 Å². The van der Waals surface area contributed by atoms with Crippen LogP contribution < -0.4 is 11.1 Å². The minimum atomic E-state index is -0.206. The number of amides is 1. The molecule has 0 bridgehead atoms. The van der Waals surface area contributed by atoms with E-state index in [1.807, 2.05) is 0 Å². The highest BCUT2D eigenvalue weighted by atomic mass is 35.5. The molecule has 1 saturated carbocycles. The van der Waals surface area contributed by atoms with Crippen LogP contribution in [0.15, 0.2) is 23.1 Å². The number of rotatable bonds is 7. The molecule has 2 rings (SSSR count). The third-order valence-electron chi connectivity index (χ3n) is 4.40. The molecule has 0 heterocycles. The van der Waals surface area contributed by atoms with Crippen LogP contribution >= 0.6 is 24.2 Å². The highest BCUT2D eigenvalue weighted by molar-refractivity contribution is 7.99. The molecule has 22 heavy (non-hydrogen) atoms. The molecule has 1 aliphatic rings. The lowest BCUT2D eigenvalue weighted by Gasteiger charge is -2.29. The smallest absolute Gasteiger partial charge is 0.221 e. The van der Waals surface area contributed by atoms with Crippen molar-refractivity contribution in [1.29, 1.82) is 0 Å². The highest BCUT2D eigenvalue weighted by Gasteiger charge is 2.41. The van der Waals surface area contributed by atoms with E-state index >= 15 is 0 Å². The Morgan fingerprint density at radius 1 is 1.36 bits per heavy atom. The van der Waals surface area contributed by atoms with Gasteiger partial charge in [-0.15, -0.1) is 24.2 Å². The van der Waals surface area contributed by atoms with Crippen molar-refractivity contribution >= 4 is 30.1 Å². The maximum Gasteiger partial charge on any atom is 0.221 e. The molecule has 0 aliphatic heterocycles. The summed E-state index contributed by atoms with van der Waals surface area (Å²) >= 11 is 1.74. The molecule has 1 atom stereocenters. The summed E-state index contributed by atoms with van der Waals surface area (Å²) in [7, 11) is 0. The van der Waals surface area contributed by atoms with Crippen molar-refractivity contribution in [3.63, 3.8) is 0 Å². The van der Waals surface area contributed by atoms with Crippen LogP contribution in [0.25, 0.3) is 0 Å². The van der Waals surface area contributed by atoms with Crippen molar-refractivity contribution < 1.29 is 4.79 Å². The van der Waals surface area contributed by atoms with E-state index in [9.17, 15) is 4.79 Å². The number of hydrogen-bond donors (Lipinski definition) is 2. The zero-order chi connectivity index (χ0) is 15.5. The van der Waals surface area contributed by atoms with E-state index in [1.54, 1.807) is 11.8 Å².